The van der Waals surface area contributed by atoms with Crippen LogP contribution in [0.3, 0.4) is 0 Å². The van der Waals surface area contributed by atoms with Gasteiger partial charge in [0.1, 0.15) is 30.5 Å². The van der Waals surface area contributed by atoms with Gasteiger partial charge in [-0.05, 0) is 24.3 Å². The van der Waals surface area contributed by atoms with Crippen molar-refractivity contribution >= 4 is 40.5 Å². The van der Waals surface area contributed by atoms with Gasteiger partial charge in [-0.25, -0.2) is 18.8 Å². The van der Waals surface area contributed by atoms with E-state index in [0.29, 0.717) is 42.0 Å². The van der Waals surface area contributed by atoms with E-state index < -0.39 is 5.82 Å². The van der Waals surface area contributed by atoms with Crippen LogP contribution in [-0.4, -0.2) is 34.7 Å². The summed E-state index contributed by atoms with van der Waals surface area (Å²) in [6.07, 6.45) is 1.45. The van der Waals surface area contributed by atoms with Crippen molar-refractivity contribution in [2.75, 3.05) is 25.6 Å². The molecule has 0 saturated heterocycles. The summed E-state index contributed by atoms with van der Waals surface area (Å²) in [5, 5.41) is 3.68. The van der Waals surface area contributed by atoms with Gasteiger partial charge in [-0.1, -0.05) is 29.3 Å². The average molecular weight is 461 g/mol. The topological polar surface area (TPSA) is 69.9 Å². The summed E-state index contributed by atoms with van der Waals surface area (Å²) in [5.74, 6) is 1.67. The molecule has 0 bridgehead atoms. The Balaban J connectivity index is 1.73. The van der Waals surface area contributed by atoms with Gasteiger partial charge in [0.2, 0.25) is 5.78 Å². The summed E-state index contributed by atoms with van der Waals surface area (Å²) in [7, 11) is 1.48. The molecule has 0 unspecified atom stereocenters. The molecule has 2 aromatic heterocycles. The van der Waals surface area contributed by atoms with E-state index in [9.17, 15) is 4.39 Å². The number of anilines is 2. The first-order valence-electron chi connectivity index (χ1n) is 9.29. The van der Waals surface area contributed by atoms with E-state index in [2.05, 4.69) is 15.3 Å². The number of hydrogen-bond donors (Lipinski definition) is 1. The van der Waals surface area contributed by atoms with Crippen molar-refractivity contribution < 1.29 is 18.6 Å². The molecule has 0 amide bonds. The molecule has 5 rings (SSSR count). The summed E-state index contributed by atoms with van der Waals surface area (Å²) >= 11 is 12.9. The second kappa shape index (κ2) is 7.79. The number of rotatable bonds is 4. The number of aromatic nitrogens is 3. The molecular weight excluding hydrogens is 446 g/mol. The summed E-state index contributed by atoms with van der Waals surface area (Å²) in [4.78, 5) is 8.78. The number of fused-ring (bicyclic) bond motifs is 2. The van der Waals surface area contributed by atoms with Gasteiger partial charge in [-0.2, -0.15) is 0 Å². The van der Waals surface area contributed by atoms with Crippen molar-refractivity contribution in [2.45, 2.75) is 0 Å². The van der Waals surface area contributed by atoms with Gasteiger partial charge in [0.05, 0.1) is 23.9 Å². The molecule has 7 nitrogen and oxygen atoms in total. The number of nitrogens with one attached hydrogen (secondary N) is 1. The molecule has 0 radical (unpaired) electrons. The van der Waals surface area contributed by atoms with Crippen LogP contribution in [0, 0.1) is 5.82 Å². The molecule has 1 aliphatic rings. The lowest BCUT2D eigenvalue weighted by Gasteiger charge is -2.19. The molecule has 158 valence electrons. The highest BCUT2D eigenvalue weighted by Crippen LogP contribution is 2.40. The number of imidazole rings is 1. The van der Waals surface area contributed by atoms with Crippen LogP contribution in [0.4, 0.5) is 15.9 Å². The van der Waals surface area contributed by atoms with E-state index in [0.717, 1.165) is 0 Å². The smallest absolute Gasteiger partial charge is 0.237 e. The Bertz CT molecular complexity index is 1290. The van der Waals surface area contributed by atoms with Gasteiger partial charge in [-0.3, -0.25) is 0 Å². The molecule has 0 atom stereocenters. The molecule has 0 aliphatic carbocycles. The quantitative estimate of drug-likeness (QED) is 0.413. The Kier molecular flexibility index (Phi) is 4.95. The van der Waals surface area contributed by atoms with Crippen LogP contribution in [0.5, 0.6) is 17.2 Å². The molecule has 0 fully saturated rings. The second-order valence-electron chi connectivity index (χ2n) is 6.64. The lowest BCUT2D eigenvalue weighted by molar-refractivity contribution is 0.171. The van der Waals surface area contributed by atoms with Crippen molar-refractivity contribution in [1.29, 1.82) is 0 Å². The van der Waals surface area contributed by atoms with Crippen molar-refractivity contribution in [2.24, 2.45) is 0 Å². The van der Waals surface area contributed by atoms with E-state index in [-0.39, 0.29) is 27.2 Å². The maximum absolute atomic E-state index is 14.8. The van der Waals surface area contributed by atoms with Gasteiger partial charge < -0.3 is 19.5 Å². The molecule has 2 aromatic carbocycles. The third-order valence-electron chi connectivity index (χ3n) is 4.78. The van der Waals surface area contributed by atoms with Gasteiger partial charge in [0, 0.05) is 11.8 Å². The number of halogens is 3. The second-order valence-corrected chi connectivity index (χ2v) is 7.41. The van der Waals surface area contributed by atoms with E-state index in [1.54, 1.807) is 24.3 Å². The van der Waals surface area contributed by atoms with Crippen molar-refractivity contribution in [1.82, 2.24) is 14.4 Å². The number of benzene rings is 2. The van der Waals surface area contributed by atoms with Crippen LogP contribution in [0.1, 0.15) is 0 Å². The Morgan fingerprint density at radius 3 is 2.71 bits per heavy atom. The van der Waals surface area contributed by atoms with Gasteiger partial charge in [-0.15, -0.1) is 0 Å². The molecule has 3 heterocycles. The monoisotopic (exact) mass is 460 g/mol. The van der Waals surface area contributed by atoms with E-state index >= 15 is 0 Å². The Labute approximate surface area is 186 Å². The molecule has 1 N–H and O–H groups in total. The largest absolute Gasteiger partial charge is 0.492 e. The zero-order chi connectivity index (χ0) is 21.5. The van der Waals surface area contributed by atoms with Crippen molar-refractivity contribution in [3.05, 3.63) is 58.6 Å². The molecule has 0 spiro atoms. The highest BCUT2D eigenvalue weighted by molar-refractivity contribution is 6.33. The van der Waals surface area contributed by atoms with Crippen LogP contribution < -0.4 is 19.5 Å². The number of hydrogen-bond acceptors (Lipinski definition) is 6. The van der Waals surface area contributed by atoms with Crippen LogP contribution in [-0.2, 0) is 0 Å². The van der Waals surface area contributed by atoms with Crippen LogP contribution in [0.25, 0.3) is 17.0 Å². The minimum absolute atomic E-state index is 0.129. The summed E-state index contributed by atoms with van der Waals surface area (Å²) in [6.45, 7) is 0.944. The Hall–Kier alpha value is -3.23. The summed E-state index contributed by atoms with van der Waals surface area (Å²) in [6, 6.07) is 9.81. The lowest BCUT2D eigenvalue weighted by atomic mass is 10.1. The highest BCUT2D eigenvalue weighted by atomic mass is 35.5. The van der Waals surface area contributed by atoms with Crippen LogP contribution in [0.15, 0.2) is 42.6 Å². The van der Waals surface area contributed by atoms with Crippen molar-refractivity contribution in [3.63, 3.8) is 0 Å². The highest BCUT2D eigenvalue weighted by Gasteiger charge is 2.24. The normalized spacial score (nSPS) is 12.8. The fraction of sp³-hybridized carbons (Fsp3) is 0.143. The molecule has 4 aromatic rings. The van der Waals surface area contributed by atoms with E-state index in [1.807, 2.05) is 0 Å². The first-order chi connectivity index (χ1) is 15.1. The van der Waals surface area contributed by atoms with Gasteiger partial charge in [0.15, 0.2) is 22.4 Å². The third kappa shape index (κ3) is 3.37. The summed E-state index contributed by atoms with van der Waals surface area (Å²) < 4.78 is 32.8. The minimum atomic E-state index is -0.524. The number of nitrogens with zero attached hydrogens (tertiary/aromatic N) is 3. The fourth-order valence-corrected chi connectivity index (χ4v) is 3.91. The van der Waals surface area contributed by atoms with Gasteiger partial charge in [0.25, 0.3) is 0 Å². The average Bonchev–Trinajstić information content (AvgIpc) is 3.12. The summed E-state index contributed by atoms with van der Waals surface area (Å²) in [5.41, 5.74) is 1.03. The maximum Gasteiger partial charge on any atom is 0.237 e. The zero-order valence-electron chi connectivity index (χ0n) is 16.2. The maximum atomic E-state index is 14.8. The molecule has 31 heavy (non-hydrogen) atoms. The van der Waals surface area contributed by atoms with Gasteiger partial charge >= 0.3 is 0 Å². The standard InChI is InChI=1S/C21H15Cl2FN4O3/c1-29-16-10-25-21-27-18(17-12(22)3-2-4-13(17)24)20(28(21)19(16)23)26-11-5-6-14-15(9-11)31-8-7-30-14/h2-6,9-10,26H,7-8H2,1H3. The first-order valence-corrected chi connectivity index (χ1v) is 10.0. The zero-order valence-corrected chi connectivity index (χ0v) is 17.7. The molecular formula is C21H15Cl2FN4O3. The minimum Gasteiger partial charge on any atom is -0.492 e. The van der Waals surface area contributed by atoms with E-state index in [1.165, 1.54) is 29.8 Å². The van der Waals surface area contributed by atoms with Crippen LogP contribution >= 0.6 is 23.2 Å². The lowest BCUT2D eigenvalue weighted by Crippen LogP contribution is -2.15. The molecule has 10 heteroatoms. The Morgan fingerprint density at radius 1 is 1.13 bits per heavy atom. The SMILES string of the molecule is COc1cnc2nc(-c3c(F)cccc3Cl)c(Nc3ccc4c(c3)OCCO4)n2c1Cl. The fourth-order valence-electron chi connectivity index (χ4n) is 3.37. The van der Waals surface area contributed by atoms with Crippen LogP contribution in [0.2, 0.25) is 10.2 Å². The Morgan fingerprint density at radius 2 is 1.94 bits per heavy atom. The first kappa shape index (κ1) is 19.7. The number of methoxy groups -OCH3 is 1. The number of ether oxygens (including phenoxy) is 3. The third-order valence-corrected chi connectivity index (χ3v) is 5.45. The molecule has 0 saturated carbocycles. The predicted molar refractivity (Wildman–Crippen MR) is 116 cm³/mol. The molecule has 1 aliphatic heterocycles. The predicted octanol–water partition coefficient (Wildman–Crippen LogP) is 5.37. The van der Waals surface area contributed by atoms with Crippen molar-refractivity contribution in [3.8, 4) is 28.5 Å². The van der Waals surface area contributed by atoms with E-state index in [4.69, 9.17) is 37.4 Å².